The van der Waals surface area contributed by atoms with Crippen LogP contribution in [0.4, 0.5) is 11.4 Å². The Hall–Kier alpha value is -5.12. The summed E-state index contributed by atoms with van der Waals surface area (Å²) in [5.41, 5.74) is 5.88. The van der Waals surface area contributed by atoms with Gasteiger partial charge in [-0.1, -0.05) is 58.7 Å². The van der Waals surface area contributed by atoms with Crippen molar-refractivity contribution in [2.75, 3.05) is 22.1 Å². The van der Waals surface area contributed by atoms with Gasteiger partial charge in [-0.25, -0.2) is 0 Å². The number of anilines is 2. The third kappa shape index (κ3) is 7.06. The predicted molar refractivity (Wildman–Crippen MR) is 180 cm³/mol. The number of fused-ring (bicyclic) bond motifs is 2. The average molecular weight is 678 g/mol. The number of rotatable bonds is 7. The number of aryl methyl sites for hydroxylation is 2. The van der Waals surface area contributed by atoms with Crippen molar-refractivity contribution >= 4 is 39.1 Å². The molecule has 0 saturated carbocycles. The Morgan fingerprint density at radius 3 is 2.00 bits per heavy atom. The van der Waals surface area contributed by atoms with Crippen molar-refractivity contribution in [2.45, 2.75) is 45.3 Å². The zero-order valence-corrected chi connectivity index (χ0v) is 27.2. The molecule has 0 bridgehead atoms. The monoisotopic (exact) mass is 676 g/mol. The van der Waals surface area contributed by atoms with Crippen molar-refractivity contribution in [1.82, 2.24) is 0 Å². The van der Waals surface area contributed by atoms with Gasteiger partial charge >= 0.3 is 0 Å². The molecular weight excluding hydrogens is 644 g/mol. The Morgan fingerprint density at radius 1 is 0.761 bits per heavy atom. The molecule has 8 nitrogen and oxygen atoms in total. The molecule has 9 heteroatoms. The summed E-state index contributed by atoms with van der Waals surface area (Å²) in [4.78, 5) is 27.2. The van der Waals surface area contributed by atoms with E-state index in [0.29, 0.717) is 34.9 Å². The van der Waals surface area contributed by atoms with Gasteiger partial charge in [0.25, 0.3) is 11.8 Å². The number of hydrogen-bond acceptors (Lipinski definition) is 6. The van der Waals surface area contributed by atoms with Crippen molar-refractivity contribution in [3.63, 3.8) is 0 Å². The minimum atomic E-state index is -0.724. The number of halogens is 1. The van der Waals surface area contributed by atoms with Crippen molar-refractivity contribution in [1.29, 1.82) is 10.5 Å². The summed E-state index contributed by atoms with van der Waals surface area (Å²) in [6, 6.07) is 29.8. The van der Waals surface area contributed by atoms with Crippen LogP contribution in [0.2, 0.25) is 0 Å². The molecule has 2 aliphatic rings. The highest BCUT2D eigenvalue weighted by Gasteiger charge is 2.36. The molecule has 0 aromatic heterocycles. The normalized spacial score (nSPS) is 16.2. The highest BCUT2D eigenvalue weighted by Crippen LogP contribution is 2.40. The zero-order valence-electron chi connectivity index (χ0n) is 25.6. The first-order chi connectivity index (χ1) is 22.3. The molecule has 0 spiro atoms. The van der Waals surface area contributed by atoms with Crippen LogP contribution in [0, 0.1) is 36.5 Å². The molecule has 6 rings (SSSR count). The van der Waals surface area contributed by atoms with Crippen LogP contribution in [-0.4, -0.2) is 23.7 Å². The minimum absolute atomic E-state index is 0.0688. The first-order valence-corrected chi connectivity index (χ1v) is 16.2. The van der Waals surface area contributed by atoms with Crippen LogP contribution in [0.3, 0.4) is 0 Å². The van der Waals surface area contributed by atoms with Crippen molar-refractivity contribution < 1.29 is 19.1 Å². The van der Waals surface area contributed by atoms with Gasteiger partial charge in [0.05, 0.1) is 34.6 Å². The van der Waals surface area contributed by atoms with Gasteiger partial charge in [0.15, 0.2) is 0 Å². The number of para-hydroxylation sites is 4. The fourth-order valence-electron chi connectivity index (χ4n) is 5.43. The van der Waals surface area contributed by atoms with Gasteiger partial charge in [-0.15, -0.1) is 0 Å². The van der Waals surface area contributed by atoms with E-state index in [1.165, 1.54) is 0 Å². The summed E-state index contributed by atoms with van der Waals surface area (Å²) >= 11 is 3.45. The lowest BCUT2D eigenvalue weighted by atomic mass is 9.98. The second kappa shape index (κ2) is 14.8. The zero-order chi connectivity index (χ0) is 32.6. The topological polar surface area (TPSA) is 115 Å². The largest absolute Gasteiger partial charge is 0.474 e. The second-order valence-electron chi connectivity index (χ2n) is 11.1. The summed E-state index contributed by atoms with van der Waals surface area (Å²) < 4.78 is 11.8. The molecule has 4 aromatic rings. The molecule has 46 heavy (non-hydrogen) atoms. The summed E-state index contributed by atoms with van der Waals surface area (Å²) in [6.07, 6.45) is 1.65. The smallest absolute Gasteiger partial charge is 0.272 e. The summed E-state index contributed by atoms with van der Waals surface area (Å²) in [6.45, 7) is 4.50. The lowest BCUT2D eigenvalue weighted by Crippen LogP contribution is -2.42. The van der Waals surface area contributed by atoms with Crippen LogP contribution in [-0.2, 0) is 9.59 Å². The number of ether oxygens (including phenoxy) is 2. The highest BCUT2D eigenvalue weighted by atomic mass is 79.9. The Balaban J connectivity index is 0.000000187. The standard InChI is InChI=1S/C21H21BrN2O2.C16H12N2O2/c1-15-9-10-16(14-23)13-17(15)20-21(25)24(12-6-2-5-11-22)18-7-3-4-8-19(18)26-20;1-10-6-7-11(9-17)8-12(10)15-16(19)18-13-4-2-3-5-14(13)20-15/h3-4,7-10,13,20H,2,5-6,11-12H2,1H3;2-8,15H,1H3,(H,18,19)/t20-;15-/m00/s1. The second-order valence-corrected chi connectivity index (χ2v) is 11.8. The third-order valence-electron chi connectivity index (χ3n) is 7.92. The quantitative estimate of drug-likeness (QED) is 0.158. The van der Waals surface area contributed by atoms with Gasteiger partial charge in [-0.05, 0) is 86.3 Å². The summed E-state index contributed by atoms with van der Waals surface area (Å²) in [7, 11) is 0. The molecule has 2 atom stereocenters. The molecule has 0 saturated heterocycles. The summed E-state index contributed by atoms with van der Waals surface area (Å²) in [5, 5.41) is 22.0. The van der Waals surface area contributed by atoms with Crippen LogP contribution in [0.25, 0.3) is 0 Å². The molecule has 232 valence electrons. The van der Waals surface area contributed by atoms with E-state index in [2.05, 4.69) is 33.4 Å². The maximum absolute atomic E-state index is 13.2. The Bertz CT molecular complexity index is 1840. The number of nitrogens with one attached hydrogen (secondary N) is 1. The first-order valence-electron chi connectivity index (χ1n) is 15.1. The SMILES string of the molecule is Cc1ccc(C#N)cc1[C@@H]1Oc2ccccc2N(CCCCCBr)C1=O.Cc1ccc(C#N)cc1[C@@H]1Oc2ccccc2NC1=O. The van der Waals surface area contributed by atoms with Gasteiger partial charge in [0.1, 0.15) is 11.5 Å². The lowest BCUT2D eigenvalue weighted by Gasteiger charge is -2.35. The average Bonchev–Trinajstić information content (AvgIpc) is 3.08. The molecule has 2 aliphatic heterocycles. The van der Waals surface area contributed by atoms with E-state index in [4.69, 9.17) is 14.7 Å². The van der Waals surface area contributed by atoms with E-state index in [1.54, 1.807) is 30.3 Å². The van der Waals surface area contributed by atoms with Gasteiger partial charge in [0, 0.05) is 23.0 Å². The highest BCUT2D eigenvalue weighted by molar-refractivity contribution is 9.09. The van der Waals surface area contributed by atoms with Crippen LogP contribution in [0.15, 0.2) is 84.9 Å². The maximum Gasteiger partial charge on any atom is 0.272 e. The summed E-state index contributed by atoms with van der Waals surface area (Å²) in [5.74, 6) is 1.06. The molecule has 0 unspecified atom stereocenters. The van der Waals surface area contributed by atoms with E-state index in [0.717, 1.165) is 52.5 Å². The molecule has 0 aliphatic carbocycles. The number of nitriles is 2. The predicted octanol–water partition coefficient (Wildman–Crippen LogP) is 7.84. The van der Waals surface area contributed by atoms with Crippen LogP contribution >= 0.6 is 15.9 Å². The van der Waals surface area contributed by atoms with Gasteiger partial charge in [-0.3, -0.25) is 9.59 Å². The fraction of sp³-hybridized carbons (Fsp3) is 0.243. The molecule has 0 radical (unpaired) electrons. The Kier molecular flexibility index (Phi) is 10.4. The number of benzene rings is 4. The first kappa shape index (κ1) is 32.3. The molecule has 0 fully saturated rings. The van der Waals surface area contributed by atoms with Crippen molar-refractivity contribution in [2.24, 2.45) is 0 Å². The van der Waals surface area contributed by atoms with Gasteiger partial charge < -0.3 is 19.7 Å². The third-order valence-corrected chi connectivity index (χ3v) is 8.48. The number of carbonyl (C=O) groups excluding carboxylic acids is 2. The van der Waals surface area contributed by atoms with Gasteiger partial charge in [-0.2, -0.15) is 10.5 Å². The van der Waals surface area contributed by atoms with E-state index in [-0.39, 0.29) is 11.8 Å². The molecule has 2 heterocycles. The van der Waals surface area contributed by atoms with E-state index in [1.807, 2.05) is 73.3 Å². The number of alkyl halides is 1. The molecular formula is C37H33BrN4O4. The van der Waals surface area contributed by atoms with Crippen LogP contribution in [0.5, 0.6) is 11.5 Å². The van der Waals surface area contributed by atoms with Crippen LogP contribution in [0.1, 0.15) is 64.9 Å². The van der Waals surface area contributed by atoms with Crippen molar-refractivity contribution in [3.8, 4) is 23.6 Å². The van der Waals surface area contributed by atoms with Crippen molar-refractivity contribution in [3.05, 3.63) is 118 Å². The molecule has 2 amide bonds. The lowest BCUT2D eigenvalue weighted by molar-refractivity contribution is -0.126. The number of carbonyl (C=O) groups is 2. The van der Waals surface area contributed by atoms with Gasteiger partial charge in [0.2, 0.25) is 12.2 Å². The molecule has 4 aromatic carbocycles. The Morgan fingerprint density at radius 2 is 1.35 bits per heavy atom. The minimum Gasteiger partial charge on any atom is -0.474 e. The number of nitrogens with zero attached hydrogens (tertiary/aromatic N) is 3. The molecule has 1 N–H and O–H groups in total. The van der Waals surface area contributed by atoms with E-state index < -0.39 is 12.2 Å². The van der Waals surface area contributed by atoms with E-state index >= 15 is 0 Å². The Labute approximate surface area is 277 Å². The fourth-order valence-corrected chi connectivity index (χ4v) is 5.82. The maximum atomic E-state index is 13.2. The van der Waals surface area contributed by atoms with Crippen LogP contribution < -0.4 is 19.7 Å². The van der Waals surface area contributed by atoms with E-state index in [9.17, 15) is 14.9 Å². The number of unbranched alkanes of at least 4 members (excludes halogenated alkanes) is 2. The number of amides is 2. The number of hydrogen-bond donors (Lipinski definition) is 1.